The van der Waals surface area contributed by atoms with Crippen molar-refractivity contribution in [3.63, 3.8) is 0 Å². The lowest BCUT2D eigenvalue weighted by Crippen LogP contribution is -2.41. The monoisotopic (exact) mass is 310 g/mol. The summed E-state index contributed by atoms with van der Waals surface area (Å²) in [6.45, 7) is 4.44. The minimum absolute atomic E-state index is 0.153. The van der Waals surface area contributed by atoms with Crippen molar-refractivity contribution in [3.05, 3.63) is 17.0 Å². The van der Waals surface area contributed by atoms with Crippen LogP contribution >= 0.6 is 0 Å². The van der Waals surface area contributed by atoms with Gasteiger partial charge in [-0.3, -0.25) is 9.63 Å². The van der Waals surface area contributed by atoms with Crippen LogP contribution in [0.4, 0.5) is 4.79 Å². The first-order valence-corrected chi connectivity index (χ1v) is 7.48. The third kappa shape index (κ3) is 4.45. The zero-order valence-electron chi connectivity index (χ0n) is 12.9. The van der Waals surface area contributed by atoms with E-state index in [4.69, 9.17) is 9.36 Å². The average molecular weight is 310 g/mol. The van der Waals surface area contributed by atoms with Gasteiger partial charge in [0.1, 0.15) is 18.0 Å². The maximum absolute atomic E-state index is 11.6. The predicted molar refractivity (Wildman–Crippen MR) is 77.7 cm³/mol. The van der Waals surface area contributed by atoms with Crippen molar-refractivity contribution in [3.8, 4) is 0 Å². The number of aromatic nitrogens is 1. The first-order chi connectivity index (χ1) is 10.6. The maximum Gasteiger partial charge on any atom is 0.315 e. The van der Waals surface area contributed by atoms with Crippen molar-refractivity contribution in [2.45, 2.75) is 39.7 Å². The van der Waals surface area contributed by atoms with Crippen LogP contribution < -0.4 is 16.1 Å². The zero-order valence-corrected chi connectivity index (χ0v) is 12.9. The van der Waals surface area contributed by atoms with Gasteiger partial charge in [-0.2, -0.15) is 0 Å². The Bertz CT molecular complexity index is 529. The third-order valence-corrected chi connectivity index (χ3v) is 3.52. The summed E-state index contributed by atoms with van der Waals surface area (Å²) < 4.78 is 5.31. The first-order valence-electron chi connectivity index (χ1n) is 7.48. The van der Waals surface area contributed by atoms with Crippen molar-refractivity contribution < 1.29 is 18.9 Å². The molecular formula is C14H22N4O4. The van der Waals surface area contributed by atoms with E-state index in [0.717, 1.165) is 36.3 Å². The molecule has 8 nitrogen and oxygen atoms in total. The Morgan fingerprint density at radius 2 is 2.23 bits per heavy atom. The Labute approximate surface area is 128 Å². The number of nitrogens with one attached hydrogen (secondary N) is 3. The summed E-state index contributed by atoms with van der Waals surface area (Å²) in [5, 5.41) is 9.13. The van der Waals surface area contributed by atoms with Crippen LogP contribution in [0, 0.1) is 5.92 Å². The fraction of sp³-hybridized carbons (Fsp3) is 0.643. The molecular weight excluding hydrogens is 288 g/mol. The Hall–Kier alpha value is -2.09. The number of carbonyl (C=O) groups is 2. The number of amides is 3. The number of hydrogen-bond donors (Lipinski definition) is 3. The number of fused-ring (bicyclic) bond motifs is 1. The largest absolute Gasteiger partial charge is 0.361 e. The summed E-state index contributed by atoms with van der Waals surface area (Å²) in [5.74, 6) is 1.11. The molecule has 1 aromatic rings. The van der Waals surface area contributed by atoms with Crippen LogP contribution in [0.3, 0.4) is 0 Å². The molecule has 1 heterocycles. The fourth-order valence-electron chi connectivity index (χ4n) is 2.35. The van der Waals surface area contributed by atoms with Gasteiger partial charge in [-0.1, -0.05) is 12.1 Å². The molecule has 22 heavy (non-hydrogen) atoms. The lowest BCUT2D eigenvalue weighted by molar-refractivity contribution is -0.132. The molecule has 0 aliphatic heterocycles. The molecule has 1 unspecified atom stereocenters. The number of hydrogen-bond acceptors (Lipinski definition) is 5. The molecule has 0 saturated carbocycles. The van der Waals surface area contributed by atoms with Crippen molar-refractivity contribution >= 4 is 11.9 Å². The maximum atomic E-state index is 11.6. The van der Waals surface area contributed by atoms with Crippen molar-refractivity contribution in [1.82, 2.24) is 21.3 Å². The van der Waals surface area contributed by atoms with Gasteiger partial charge >= 0.3 is 6.03 Å². The van der Waals surface area contributed by atoms with Gasteiger partial charge in [0.15, 0.2) is 0 Å². The normalized spacial score (nSPS) is 16.7. The zero-order chi connectivity index (χ0) is 15.9. The van der Waals surface area contributed by atoms with Gasteiger partial charge in [-0.25, -0.2) is 10.3 Å². The molecule has 3 amide bonds. The second-order valence-electron chi connectivity index (χ2n) is 5.37. The molecule has 0 radical (unpaired) electrons. The lowest BCUT2D eigenvalue weighted by Gasteiger charge is -2.16. The van der Waals surface area contributed by atoms with Crippen LogP contribution in [0.15, 0.2) is 4.52 Å². The number of hydroxylamine groups is 1. The van der Waals surface area contributed by atoms with Crippen LogP contribution in [0.1, 0.15) is 37.3 Å². The quantitative estimate of drug-likeness (QED) is 0.670. The van der Waals surface area contributed by atoms with Gasteiger partial charge in [0, 0.05) is 12.0 Å². The Kier molecular flexibility index (Phi) is 5.76. The van der Waals surface area contributed by atoms with Gasteiger partial charge in [0.25, 0.3) is 5.91 Å². The van der Waals surface area contributed by atoms with E-state index in [-0.39, 0.29) is 13.1 Å². The summed E-state index contributed by atoms with van der Waals surface area (Å²) in [6, 6.07) is -0.438. The van der Waals surface area contributed by atoms with E-state index >= 15 is 0 Å². The summed E-state index contributed by atoms with van der Waals surface area (Å²) in [5.41, 5.74) is 4.06. The van der Waals surface area contributed by atoms with Crippen molar-refractivity contribution in [2.75, 3.05) is 13.2 Å². The summed E-state index contributed by atoms with van der Waals surface area (Å²) in [7, 11) is 0. The molecule has 0 spiro atoms. The van der Waals surface area contributed by atoms with Crippen LogP contribution in [0.2, 0.25) is 0 Å². The van der Waals surface area contributed by atoms with Crippen LogP contribution in [-0.2, 0) is 29.0 Å². The van der Waals surface area contributed by atoms with E-state index in [1.54, 1.807) is 6.92 Å². The van der Waals surface area contributed by atoms with Crippen LogP contribution in [0.5, 0.6) is 0 Å². The number of rotatable bonds is 6. The van der Waals surface area contributed by atoms with Gasteiger partial charge in [-0.05, 0) is 25.7 Å². The molecule has 8 heteroatoms. The summed E-state index contributed by atoms with van der Waals surface area (Å²) in [4.78, 5) is 27.6. The second kappa shape index (κ2) is 7.79. The van der Waals surface area contributed by atoms with E-state index in [2.05, 4.69) is 28.2 Å². The number of urea groups is 1. The van der Waals surface area contributed by atoms with E-state index < -0.39 is 11.9 Å². The highest BCUT2D eigenvalue weighted by Gasteiger charge is 2.23. The Morgan fingerprint density at radius 1 is 1.41 bits per heavy atom. The average Bonchev–Trinajstić information content (AvgIpc) is 2.91. The van der Waals surface area contributed by atoms with Gasteiger partial charge < -0.3 is 15.2 Å². The minimum Gasteiger partial charge on any atom is -0.361 e. The molecule has 1 aromatic heterocycles. The van der Waals surface area contributed by atoms with Crippen LogP contribution in [0.25, 0.3) is 0 Å². The molecule has 0 fully saturated rings. The summed E-state index contributed by atoms with van der Waals surface area (Å²) >= 11 is 0. The number of carbonyl (C=O) groups excluding carboxylic acids is 2. The van der Waals surface area contributed by atoms with Gasteiger partial charge in [-0.15, -0.1) is 0 Å². The molecule has 0 aromatic carbocycles. The topological polar surface area (TPSA) is 105 Å². The molecule has 2 rings (SSSR count). The molecule has 0 bridgehead atoms. The van der Waals surface area contributed by atoms with Crippen LogP contribution in [-0.4, -0.2) is 30.2 Å². The molecule has 3 N–H and O–H groups in total. The van der Waals surface area contributed by atoms with Gasteiger partial charge in [0.2, 0.25) is 0 Å². The van der Waals surface area contributed by atoms with E-state index in [1.807, 2.05) is 0 Å². The standard InChI is InChI=1S/C14H22N4O4/c1-3-21-18-13(19)8-16-14(20)15-7-11-10-6-9(2)4-5-12(10)22-17-11/h9H,3-8H2,1-2H3,(H,18,19)(H2,15,16,20). The predicted octanol–water partition coefficient (Wildman–Crippen LogP) is 0.666. The van der Waals surface area contributed by atoms with Crippen molar-refractivity contribution in [2.24, 2.45) is 5.92 Å². The molecule has 122 valence electrons. The summed E-state index contributed by atoms with van der Waals surface area (Å²) in [6.07, 6.45) is 2.92. The minimum atomic E-state index is -0.438. The second-order valence-corrected chi connectivity index (χ2v) is 5.37. The highest BCUT2D eigenvalue weighted by atomic mass is 16.6. The molecule has 1 aliphatic carbocycles. The van der Waals surface area contributed by atoms with E-state index in [1.165, 1.54) is 0 Å². The fourth-order valence-corrected chi connectivity index (χ4v) is 2.35. The SMILES string of the molecule is CCONC(=O)CNC(=O)NCc1noc2c1CC(C)CC2. The van der Waals surface area contributed by atoms with Gasteiger partial charge in [0.05, 0.1) is 13.2 Å². The Morgan fingerprint density at radius 3 is 3.00 bits per heavy atom. The highest BCUT2D eigenvalue weighted by molar-refractivity contribution is 5.83. The number of aryl methyl sites for hydroxylation is 1. The van der Waals surface area contributed by atoms with Crippen molar-refractivity contribution in [1.29, 1.82) is 0 Å². The first kappa shape index (κ1) is 16.3. The lowest BCUT2D eigenvalue weighted by atomic mass is 9.88. The smallest absolute Gasteiger partial charge is 0.315 e. The highest BCUT2D eigenvalue weighted by Crippen LogP contribution is 2.27. The van der Waals surface area contributed by atoms with E-state index in [0.29, 0.717) is 12.5 Å². The third-order valence-electron chi connectivity index (χ3n) is 3.52. The molecule has 1 aliphatic rings. The molecule has 0 saturated heterocycles. The van der Waals surface area contributed by atoms with E-state index in [9.17, 15) is 9.59 Å². The molecule has 1 atom stereocenters. The Balaban J connectivity index is 1.75. The number of nitrogens with zero attached hydrogens (tertiary/aromatic N) is 1.